The van der Waals surface area contributed by atoms with Crippen LogP contribution in [0.2, 0.25) is 0 Å². The molecule has 106 valence electrons. The average Bonchev–Trinajstić information content (AvgIpc) is 2.76. The monoisotopic (exact) mass is 263 g/mol. The number of aryl methyl sites for hydroxylation is 2. The lowest BCUT2D eigenvalue weighted by atomic mass is 10.2. The number of fused-ring (bicyclic) bond motifs is 1. The summed E-state index contributed by atoms with van der Waals surface area (Å²) in [5.74, 6) is 2.26. The molecule has 0 saturated heterocycles. The molecule has 1 aromatic rings. The summed E-state index contributed by atoms with van der Waals surface area (Å²) < 4.78 is 2.31. The molecule has 0 N–H and O–H groups in total. The van der Waals surface area contributed by atoms with E-state index in [2.05, 4.69) is 15.8 Å². The van der Waals surface area contributed by atoms with E-state index in [0.29, 0.717) is 0 Å². The third-order valence-corrected chi connectivity index (χ3v) is 3.38. The van der Waals surface area contributed by atoms with Crippen molar-refractivity contribution >= 4 is 5.96 Å². The largest absolute Gasteiger partial charge is 0.349 e. The number of hydrogen-bond donors (Lipinski definition) is 0. The van der Waals surface area contributed by atoms with Crippen molar-refractivity contribution < 1.29 is 0 Å². The van der Waals surface area contributed by atoms with Crippen molar-refractivity contribution in [1.82, 2.24) is 19.4 Å². The van der Waals surface area contributed by atoms with E-state index in [1.54, 1.807) is 0 Å². The highest BCUT2D eigenvalue weighted by Crippen LogP contribution is 2.14. The maximum Gasteiger partial charge on any atom is 0.195 e. The molecule has 2 heterocycles. The molecule has 5 heteroatoms. The summed E-state index contributed by atoms with van der Waals surface area (Å²) >= 11 is 0. The Bertz CT molecular complexity index is 411. The van der Waals surface area contributed by atoms with Crippen LogP contribution >= 0.6 is 0 Å². The zero-order valence-corrected chi connectivity index (χ0v) is 12.6. The topological polar surface area (TPSA) is 36.7 Å². The highest BCUT2D eigenvalue weighted by atomic mass is 15.3. The van der Waals surface area contributed by atoms with Gasteiger partial charge in [-0.3, -0.25) is 4.99 Å². The molecule has 1 aromatic heterocycles. The van der Waals surface area contributed by atoms with Crippen molar-refractivity contribution in [3.8, 4) is 0 Å². The smallest absolute Gasteiger partial charge is 0.195 e. The quantitative estimate of drug-likeness (QED) is 0.608. The molecule has 0 bridgehead atoms. The average molecular weight is 263 g/mol. The molecule has 0 aliphatic carbocycles. The van der Waals surface area contributed by atoms with E-state index < -0.39 is 0 Å². The lowest BCUT2D eigenvalue weighted by Gasteiger charge is -2.22. The van der Waals surface area contributed by atoms with Crippen LogP contribution in [0.1, 0.15) is 24.4 Å². The summed E-state index contributed by atoms with van der Waals surface area (Å²) in [6.45, 7) is 1.92. The zero-order chi connectivity index (χ0) is 13.8. The number of rotatable bonds is 3. The number of guanidine groups is 1. The van der Waals surface area contributed by atoms with Gasteiger partial charge in [0, 0.05) is 60.3 Å². The molecule has 1 aliphatic heterocycles. The van der Waals surface area contributed by atoms with Gasteiger partial charge in [-0.15, -0.1) is 0 Å². The van der Waals surface area contributed by atoms with E-state index in [9.17, 15) is 0 Å². The van der Waals surface area contributed by atoms with Crippen LogP contribution in [0.4, 0.5) is 0 Å². The Kier molecular flexibility index (Phi) is 4.45. The number of nitrogens with zero attached hydrogens (tertiary/aromatic N) is 5. The standard InChI is InChI=1S/C14H25N5/c1-17(2)14(18(3)4)15-9-8-12-11-19-10-6-5-7-13(19)16-12/h11H,5-10H2,1-4H3. The summed E-state index contributed by atoms with van der Waals surface area (Å²) in [6, 6.07) is 0. The fourth-order valence-corrected chi connectivity index (χ4v) is 2.55. The molecular weight excluding hydrogens is 238 g/mol. The second-order valence-corrected chi connectivity index (χ2v) is 5.52. The minimum absolute atomic E-state index is 0.794. The summed E-state index contributed by atoms with van der Waals surface area (Å²) in [4.78, 5) is 13.4. The van der Waals surface area contributed by atoms with Gasteiger partial charge in [0.15, 0.2) is 5.96 Å². The Morgan fingerprint density at radius 2 is 2.00 bits per heavy atom. The third kappa shape index (κ3) is 3.49. The van der Waals surface area contributed by atoms with Gasteiger partial charge in [-0.2, -0.15) is 0 Å². The van der Waals surface area contributed by atoms with Crippen LogP contribution < -0.4 is 0 Å². The van der Waals surface area contributed by atoms with Gasteiger partial charge >= 0.3 is 0 Å². The van der Waals surface area contributed by atoms with Crippen molar-refractivity contribution in [3.63, 3.8) is 0 Å². The highest BCUT2D eigenvalue weighted by molar-refractivity contribution is 5.79. The van der Waals surface area contributed by atoms with E-state index in [0.717, 1.165) is 31.9 Å². The molecule has 0 unspecified atom stereocenters. The van der Waals surface area contributed by atoms with E-state index in [4.69, 9.17) is 4.98 Å². The van der Waals surface area contributed by atoms with E-state index in [1.807, 2.05) is 38.0 Å². The molecule has 1 aliphatic rings. The van der Waals surface area contributed by atoms with Gasteiger partial charge in [-0.25, -0.2) is 4.98 Å². The van der Waals surface area contributed by atoms with Gasteiger partial charge < -0.3 is 14.4 Å². The third-order valence-electron chi connectivity index (χ3n) is 3.38. The normalized spacial score (nSPS) is 13.9. The number of aliphatic imine (C=N–C) groups is 1. The minimum Gasteiger partial charge on any atom is -0.349 e. The van der Waals surface area contributed by atoms with Gasteiger partial charge in [0.25, 0.3) is 0 Å². The van der Waals surface area contributed by atoms with Gasteiger partial charge in [0.2, 0.25) is 0 Å². The second-order valence-electron chi connectivity index (χ2n) is 5.52. The summed E-state index contributed by atoms with van der Waals surface area (Å²) in [6.07, 6.45) is 6.82. The van der Waals surface area contributed by atoms with Crippen molar-refractivity contribution in [1.29, 1.82) is 0 Å². The second kappa shape index (κ2) is 6.08. The van der Waals surface area contributed by atoms with E-state index >= 15 is 0 Å². The molecule has 5 nitrogen and oxygen atoms in total. The SMILES string of the molecule is CN(C)C(=NCCc1cn2c(n1)CCCC2)N(C)C. The zero-order valence-electron chi connectivity index (χ0n) is 12.6. The molecule has 0 amide bonds. The van der Waals surface area contributed by atoms with Gasteiger partial charge in [0.1, 0.15) is 5.82 Å². The molecule has 2 rings (SSSR count). The predicted octanol–water partition coefficient (Wildman–Crippen LogP) is 1.24. The first-order chi connectivity index (χ1) is 9.08. The van der Waals surface area contributed by atoms with Crippen LogP contribution in [-0.4, -0.2) is 60.0 Å². The molecule has 0 saturated carbocycles. The van der Waals surface area contributed by atoms with Crippen molar-refractivity contribution in [3.05, 3.63) is 17.7 Å². The van der Waals surface area contributed by atoms with Crippen LogP contribution in [0.15, 0.2) is 11.2 Å². The first-order valence-corrected chi connectivity index (χ1v) is 7.02. The molecule has 0 spiro atoms. The maximum absolute atomic E-state index is 4.70. The first kappa shape index (κ1) is 13.9. The first-order valence-electron chi connectivity index (χ1n) is 7.02. The summed E-state index contributed by atoms with van der Waals surface area (Å²) in [5, 5.41) is 0. The Morgan fingerprint density at radius 3 is 2.63 bits per heavy atom. The summed E-state index contributed by atoms with van der Waals surface area (Å²) in [5.41, 5.74) is 1.18. The lowest BCUT2D eigenvalue weighted by Crippen LogP contribution is -2.35. The fourth-order valence-electron chi connectivity index (χ4n) is 2.55. The van der Waals surface area contributed by atoms with Crippen LogP contribution in [-0.2, 0) is 19.4 Å². The molecule has 0 atom stereocenters. The number of imidazole rings is 1. The minimum atomic E-state index is 0.794. The lowest BCUT2D eigenvalue weighted by molar-refractivity contribution is 0.479. The molecule has 0 aromatic carbocycles. The van der Waals surface area contributed by atoms with Gasteiger partial charge in [-0.05, 0) is 12.8 Å². The highest BCUT2D eigenvalue weighted by Gasteiger charge is 2.12. The Balaban J connectivity index is 1.95. The van der Waals surface area contributed by atoms with E-state index in [-0.39, 0.29) is 0 Å². The molecule has 0 fully saturated rings. The van der Waals surface area contributed by atoms with Crippen LogP contribution in [0, 0.1) is 0 Å². The molecule has 0 radical (unpaired) electrons. The van der Waals surface area contributed by atoms with E-state index in [1.165, 1.54) is 24.4 Å². The van der Waals surface area contributed by atoms with Crippen molar-refractivity contribution in [2.24, 2.45) is 4.99 Å². The van der Waals surface area contributed by atoms with Crippen LogP contribution in [0.25, 0.3) is 0 Å². The van der Waals surface area contributed by atoms with Gasteiger partial charge in [-0.1, -0.05) is 0 Å². The van der Waals surface area contributed by atoms with Crippen LogP contribution in [0.3, 0.4) is 0 Å². The Labute approximate surface area is 115 Å². The number of hydrogen-bond acceptors (Lipinski definition) is 2. The predicted molar refractivity (Wildman–Crippen MR) is 78.5 cm³/mol. The fraction of sp³-hybridized carbons (Fsp3) is 0.714. The molecule has 19 heavy (non-hydrogen) atoms. The molecular formula is C14H25N5. The summed E-state index contributed by atoms with van der Waals surface area (Å²) in [7, 11) is 8.09. The number of aromatic nitrogens is 2. The van der Waals surface area contributed by atoms with Crippen LogP contribution in [0.5, 0.6) is 0 Å². The Morgan fingerprint density at radius 1 is 1.26 bits per heavy atom. The van der Waals surface area contributed by atoms with Crippen molar-refractivity contribution in [2.45, 2.75) is 32.2 Å². The van der Waals surface area contributed by atoms with Crippen molar-refractivity contribution in [2.75, 3.05) is 34.7 Å². The maximum atomic E-state index is 4.70. The van der Waals surface area contributed by atoms with Gasteiger partial charge in [0.05, 0.1) is 5.69 Å². The Hall–Kier alpha value is -1.52.